The number of nitrogens with zero attached hydrogens (tertiary/aromatic N) is 1. The summed E-state index contributed by atoms with van der Waals surface area (Å²) in [4.78, 5) is 25.6. The van der Waals surface area contributed by atoms with Crippen molar-refractivity contribution in [1.29, 1.82) is 5.26 Å². The van der Waals surface area contributed by atoms with E-state index in [0.717, 1.165) is 24.7 Å². The minimum atomic E-state index is -0.962. The van der Waals surface area contributed by atoms with Crippen LogP contribution >= 0.6 is 0 Å². The normalized spacial score (nSPS) is 21.5. The van der Waals surface area contributed by atoms with Crippen molar-refractivity contribution in [3.8, 4) is 6.07 Å². The molecule has 2 aliphatic rings. The minimum Gasteiger partial charge on any atom is -0.399 e. The molecule has 0 bridgehead atoms. The molecule has 0 unspecified atom stereocenters. The molecule has 1 aliphatic carbocycles. The van der Waals surface area contributed by atoms with Crippen molar-refractivity contribution in [2.45, 2.75) is 76.5 Å². The highest BCUT2D eigenvalue weighted by Crippen LogP contribution is 2.36. The van der Waals surface area contributed by atoms with Crippen LogP contribution in [0.5, 0.6) is 0 Å². The van der Waals surface area contributed by atoms with Crippen LogP contribution in [0.4, 0.5) is 0 Å². The van der Waals surface area contributed by atoms with Gasteiger partial charge in [-0.3, -0.25) is 9.59 Å². The van der Waals surface area contributed by atoms with Gasteiger partial charge in [0.25, 0.3) is 5.91 Å². The van der Waals surface area contributed by atoms with Crippen LogP contribution in [-0.4, -0.2) is 42.2 Å². The molecule has 2 fully saturated rings. The minimum absolute atomic E-state index is 0.0702. The number of carbonyl (C=O) groups excluding carboxylic acids is 2. The van der Waals surface area contributed by atoms with Crippen LogP contribution in [0.1, 0.15) is 70.2 Å². The van der Waals surface area contributed by atoms with E-state index in [9.17, 15) is 9.59 Å². The standard InChI is InChI=1S/C22H30BN3O4/c1-20(2)21(3,4)30-23(29-20)17-10-8-16(9-11-17)18(27)26-22(12-6-5-7-13-22)19(28)25-15-14-24/h8-11H,5-7,12-13,15H2,1-4H3,(H,25,28)(H,26,27). The fourth-order valence-electron chi connectivity index (χ4n) is 3.91. The van der Waals surface area contributed by atoms with Crippen molar-refractivity contribution < 1.29 is 18.9 Å². The largest absolute Gasteiger partial charge is 0.494 e. The maximum Gasteiger partial charge on any atom is 0.494 e. The van der Waals surface area contributed by atoms with Gasteiger partial charge >= 0.3 is 7.12 Å². The van der Waals surface area contributed by atoms with Gasteiger partial charge in [-0.05, 0) is 58.1 Å². The molecule has 30 heavy (non-hydrogen) atoms. The summed E-state index contributed by atoms with van der Waals surface area (Å²) in [5.41, 5.74) is -0.524. The molecule has 2 N–H and O–H groups in total. The summed E-state index contributed by atoms with van der Waals surface area (Å²) in [6, 6.07) is 9.00. The predicted molar refractivity (Wildman–Crippen MR) is 114 cm³/mol. The fraction of sp³-hybridized carbons (Fsp3) is 0.591. The van der Waals surface area contributed by atoms with Gasteiger partial charge in [-0.1, -0.05) is 31.4 Å². The highest BCUT2D eigenvalue weighted by Gasteiger charge is 2.51. The topological polar surface area (TPSA) is 100 Å². The first-order valence-electron chi connectivity index (χ1n) is 10.5. The third kappa shape index (κ3) is 4.37. The lowest BCUT2D eigenvalue weighted by Gasteiger charge is -2.36. The zero-order valence-electron chi connectivity index (χ0n) is 18.2. The molecule has 0 atom stereocenters. The number of rotatable bonds is 5. The zero-order chi connectivity index (χ0) is 22.0. The molecule has 1 saturated heterocycles. The number of hydrogen-bond donors (Lipinski definition) is 2. The average Bonchev–Trinajstić information content (AvgIpc) is 2.94. The van der Waals surface area contributed by atoms with Crippen LogP contribution < -0.4 is 16.1 Å². The zero-order valence-corrected chi connectivity index (χ0v) is 18.2. The van der Waals surface area contributed by atoms with Gasteiger partial charge < -0.3 is 19.9 Å². The molecule has 8 heteroatoms. The number of nitrogens with one attached hydrogen (secondary N) is 2. The van der Waals surface area contributed by atoms with E-state index in [1.165, 1.54) is 0 Å². The third-order valence-corrected chi connectivity index (χ3v) is 6.52. The van der Waals surface area contributed by atoms with Gasteiger partial charge in [-0.2, -0.15) is 5.26 Å². The van der Waals surface area contributed by atoms with Gasteiger partial charge in [-0.15, -0.1) is 0 Å². The van der Waals surface area contributed by atoms with E-state index >= 15 is 0 Å². The van der Waals surface area contributed by atoms with Crippen LogP contribution in [0.3, 0.4) is 0 Å². The van der Waals surface area contributed by atoms with Crippen molar-refractivity contribution in [3.63, 3.8) is 0 Å². The number of amides is 2. The van der Waals surface area contributed by atoms with E-state index in [2.05, 4.69) is 10.6 Å². The summed E-state index contributed by atoms with van der Waals surface area (Å²) in [5.74, 6) is -0.588. The Morgan fingerprint density at radius 3 is 2.13 bits per heavy atom. The number of carbonyl (C=O) groups is 2. The van der Waals surface area contributed by atoms with Gasteiger partial charge in [0.2, 0.25) is 5.91 Å². The van der Waals surface area contributed by atoms with Crippen LogP contribution in [0.2, 0.25) is 0 Å². The Kier molecular flexibility index (Phi) is 6.25. The summed E-state index contributed by atoms with van der Waals surface area (Å²) in [5, 5.41) is 14.3. The van der Waals surface area contributed by atoms with Gasteiger partial charge in [0, 0.05) is 5.56 Å². The number of nitriles is 1. The second kappa shape index (κ2) is 8.40. The second-order valence-corrected chi connectivity index (χ2v) is 9.15. The maximum absolute atomic E-state index is 12.9. The van der Waals surface area contributed by atoms with E-state index in [-0.39, 0.29) is 18.4 Å². The Labute approximate surface area is 178 Å². The Bertz CT molecular complexity index is 823. The van der Waals surface area contributed by atoms with Crippen molar-refractivity contribution >= 4 is 24.4 Å². The van der Waals surface area contributed by atoms with Crippen LogP contribution in [0, 0.1) is 11.3 Å². The van der Waals surface area contributed by atoms with Crippen LogP contribution in [-0.2, 0) is 14.1 Å². The Hall–Kier alpha value is -2.37. The van der Waals surface area contributed by atoms with E-state index < -0.39 is 23.9 Å². The molecule has 7 nitrogen and oxygen atoms in total. The summed E-state index contributed by atoms with van der Waals surface area (Å²) < 4.78 is 12.1. The van der Waals surface area contributed by atoms with Gasteiger partial charge in [0.05, 0.1) is 17.3 Å². The smallest absolute Gasteiger partial charge is 0.399 e. The average molecular weight is 411 g/mol. The predicted octanol–water partition coefficient (Wildman–Crippen LogP) is 2.06. The number of hydrogen-bond acceptors (Lipinski definition) is 5. The maximum atomic E-state index is 12.9. The van der Waals surface area contributed by atoms with Crippen molar-refractivity contribution in [1.82, 2.24) is 10.6 Å². The lowest BCUT2D eigenvalue weighted by atomic mass is 9.78. The van der Waals surface area contributed by atoms with Crippen LogP contribution in [0.15, 0.2) is 24.3 Å². The van der Waals surface area contributed by atoms with Gasteiger partial charge in [0.15, 0.2) is 0 Å². The van der Waals surface area contributed by atoms with Crippen molar-refractivity contribution in [2.24, 2.45) is 0 Å². The summed E-state index contributed by atoms with van der Waals surface area (Å²) in [6.07, 6.45) is 3.90. The molecule has 1 aromatic carbocycles. The van der Waals surface area contributed by atoms with E-state index in [4.69, 9.17) is 14.6 Å². The van der Waals surface area contributed by atoms with Gasteiger partial charge in [0.1, 0.15) is 12.1 Å². The SMILES string of the molecule is CC1(C)OB(c2ccc(C(=O)NC3(C(=O)NCC#N)CCCCC3)cc2)OC1(C)C. The van der Waals surface area contributed by atoms with E-state index in [0.29, 0.717) is 18.4 Å². The first-order chi connectivity index (χ1) is 14.1. The molecule has 0 radical (unpaired) electrons. The highest BCUT2D eigenvalue weighted by atomic mass is 16.7. The molecule has 160 valence electrons. The summed E-state index contributed by atoms with van der Waals surface area (Å²) in [6.45, 7) is 7.91. The second-order valence-electron chi connectivity index (χ2n) is 9.15. The summed E-state index contributed by atoms with van der Waals surface area (Å²) in [7, 11) is -0.492. The molecule has 1 aromatic rings. The lowest BCUT2D eigenvalue weighted by molar-refractivity contribution is -0.128. The highest BCUT2D eigenvalue weighted by molar-refractivity contribution is 6.62. The Balaban J connectivity index is 1.72. The van der Waals surface area contributed by atoms with E-state index in [1.807, 2.05) is 45.9 Å². The molecular weight excluding hydrogens is 381 g/mol. The molecule has 3 rings (SSSR count). The fourth-order valence-corrected chi connectivity index (χ4v) is 3.91. The number of benzene rings is 1. The monoisotopic (exact) mass is 411 g/mol. The molecule has 1 aliphatic heterocycles. The van der Waals surface area contributed by atoms with Crippen LogP contribution in [0.25, 0.3) is 0 Å². The molecule has 0 spiro atoms. The molecule has 1 saturated carbocycles. The third-order valence-electron chi connectivity index (χ3n) is 6.52. The first-order valence-corrected chi connectivity index (χ1v) is 10.5. The lowest BCUT2D eigenvalue weighted by Crippen LogP contribution is -2.59. The first kappa shape index (κ1) is 22.3. The quantitative estimate of drug-likeness (QED) is 0.571. The van der Waals surface area contributed by atoms with Crippen molar-refractivity contribution in [3.05, 3.63) is 29.8 Å². The molecular formula is C22H30BN3O4. The summed E-state index contributed by atoms with van der Waals surface area (Å²) >= 11 is 0. The molecule has 1 heterocycles. The van der Waals surface area contributed by atoms with Crippen molar-refractivity contribution in [2.75, 3.05) is 6.54 Å². The van der Waals surface area contributed by atoms with E-state index in [1.54, 1.807) is 12.1 Å². The Morgan fingerprint density at radius 1 is 1.03 bits per heavy atom. The Morgan fingerprint density at radius 2 is 1.60 bits per heavy atom. The van der Waals surface area contributed by atoms with Gasteiger partial charge in [-0.25, -0.2) is 0 Å². The molecule has 0 aromatic heterocycles. The molecule has 2 amide bonds.